The predicted molar refractivity (Wildman–Crippen MR) is 89.3 cm³/mol. The van der Waals surface area contributed by atoms with Crippen LogP contribution in [0.25, 0.3) is 0 Å². The van der Waals surface area contributed by atoms with Crippen molar-refractivity contribution >= 4 is 0 Å². The summed E-state index contributed by atoms with van der Waals surface area (Å²) in [6.45, 7) is 3.73. The number of nitrogens with zero attached hydrogens (tertiary/aromatic N) is 1. The highest BCUT2D eigenvalue weighted by Crippen LogP contribution is 2.10. The Hall–Kier alpha value is -0.890. The van der Waals surface area contributed by atoms with E-state index in [2.05, 4.69) is 36.0 Å². The second-order valence-corrected chi connectivity index (χ2v) is 6.06. The SMILES string of the molecule is CCc1ccc[n+](CCCCCCCCCCCCO)c1. The Kier molecular flexibility index (Phi) is 11.1. The Balaban J connectivity index is 1.90. The maximum absolute atomic E-state index is 8.70. The maximum Gasteiger partial charge on any atom is 0.171 e. The molecule has 0 amide bonds. The first kappa shape index (κ1) is 18.2. The van der Waals surface area contributed by atoms with Crippen molar-refractivity contribution in [3.63, 3.8) is 0 Å². The number of aliphatic hydroxyl groups excluding tert-OH is 1. The topological polar surface area (TPSA) is 24.1 Å². The van der Waals surface area contributed by atoms with Gasteiger partial charge >= 0.3 is 0 Å². The lowest BCUT2D eigenvalue weighted by atomic mass is 10.1. The van der Waals surface area contributed by atoms with E-state index in [0.717, 1.165) is 19.4 Å². The lowest BCUT2D eigenvalue weighted by Crippen LogP contribution is -2.33. The van der Waals surface area contributed by atoms with E-state index in [0.29, 0.717) is 6.61 Å². The second-order valence-electron chi connectivity index (χ2n) is 6.06. The van der Waals surface area contributed by atoms with E-state index in [-0.39, 0.29) is 0 Å². The molecule has 0 bridgehead atoms. The summed E-state index contributed by atoms with van der Waals surface area (Å²) < 4.78 is 2.33. The number of hydrogen-bond acceptors (Lipinski definition) is 1. The number of aliphatic hydroxyl groups is 1. The molecule has 0 aliphatic rings. The lowest BCUT2D eigenvalue weighted by molar-refractivity contribution is -0.697. The Morgan fingerprint density at radius 2 is 1.43 bits per heavy atom. The van der Waals surface area contributed by atoms with Gasteiger partial charge in [-0.25, -0.2) is 4.57 Å². The molecule has 0 aliphatic heterocycles. The average molecular weight is 292 g/mol. The van der Waals surface area contributed by atoms with Crippen molar-refractivity contribution in [1.29, 1.82) is 0 Å². The highest BCUT2D eigenvalue weighted by molar-refractivity contribution is 5.04. The largest absolute Gasteiger partial charge is 0.396 e. The summed E-state index contributed by atoms with van der Waals surface area (Å²) in [5.41, 5.74) is 1.43. The average Bonchev–Trinajstić information content (AvgIpc) is 2.53. The van der Waals surface area contributed by atoms with Gasteiger partial charge in [0, 0.05) is 24.7 Å². The Labute approximate surface area is 131 Å². The molecule has 1 rings (SSSR count). The quantitative estimate of drug-likeness (QED) is 0.422. The first-order valence-corrected chi connectivity index (χ1v) is 8.95. The van der Waals surface area contributed by atoms with Gasteiger partial charge in [-0.2, -0.15) is 0 Å². The van der Waals surface area contributed by atoms with Crippen LogP contribution in [0, 0.1) is 0 Å². The first-order chi connectivity index (χ1) is 10.4. The Morgan fingerprint density at radius 3 is 2.00 bits per heavy atom. The predicted octanol–water partition coefficient (Wildman–Crippen LogP) is 4.43. The molecule has 1 aromatic rings. The monoisotopic (exact) mass is 292 g/mol. The summed E-state index contributed by atoms with van der Waals surface area (Å²) in [6, 6.07) is 4.37. The molecular weight excluding hydrogens is 258 g/mol. The highest BCUT2D eigenvalue weighted by Gasteiger charge is 2.01. The molecule has 120 valence electrons. The summed E-state index contributed by atoms with van der Waals surface area (Å²) in [6.07, 6.45) is 18.6. The molecule has 0 radical (unpaired) electrons. The van der Waals surface area contributed by atoms with Gasteiger partial charge in [0.1, 0.15) is 6.54 Å². The fourth-order valence-corrected chi connectivity index (χ4v) is 2.74. The molecule has 1 heterocycles. The van der Waals surface area contributed by atoms with E-state index in [1.807, 2.05) is 0 Å². The number of aromatic nitrogens is 1. The zero-order chi connectivity index (χ0) is 15.2. The zero-order valence-electron chi connectivity index (χ0n) is 13.9. The van der Waals surface area contributed by atoms with Crippen LogP contribution in [-0.4, -0.2) is 11.7 Å². The first-order valence-electron chi connectivity index (χ1n) is 8.95. The summed E-state index contributed by atoms with van der Waals surface area (Å²) >= 11 is 0. The van der Waals surface area contributed by atoms with Gasteiger partial charge in [-0.1, -0.05) is 51.9 Å². The molecule has 0 saturated carbocycles. The molecule has 0 unspecified atom stereocenters. The van der Waals surface area contributed by atoms with Gasteiger partial charge in [-0.15, -0.1) is 0 Å². The van der Waals surface area contributed by atoms with Crippen LogP contribution in [0.15, 0.2) is 24.5 Å². The zero-order valence-corrected chi connectivity index (χ0v) is 13.9. The van der Waals surface area contributed by atoms with Crippen LogP contribution >= 0.6 is 0 Å². The summed E-state index contributed by atoms with van der Waals surface area (Å²) in [5.74, 6) is 0. The van der Waals surface area contributed by atoms with Crippen LogP contribution in [0.5, 0.6) is 0 Å². The maximum atomic E-state index is 8.70. The van der Waals surface area contributed by atoms with E-state index in [1.165, 1.54) is 63.4 Å². The van der Waals surface area contributed by atoms with E-state index in [4.69, 9.17) is 5.11 Å². The number of hydrogen-bond donors (Lipinski definition) is 1. The van der Waals surface area contributed by atoms with Crippen LogP contribution in [0.1, 0.15) is 76.7 Å². The third-order valence-electron chi connectivity index (χ3n) is 4.15. The fraction of sp³-hybridized carbons (Fsp3) is 0.737. The molecule has 2 nitrogen and oxygen atoms in total. The van der Waals surface area contributed by atoms with E-state index >= 15 is 0 Å². The van der Waals surface area contributed by atoms with Gasteiger partial charge in [0.2, 0.25) is 0 Å². The molecule has 1 N–H and O–H groups in total. The van der Waals surface area contributed by atoms with Crippen molar-refractivity contribution in [3.05, 3.63) is 30.1 Å². The molecule has 1 aromatic heterocycles. The highest BCUT2D eigenvalue weighted by atomic mass is 16.2. The molecule has 0 saturated heterocycles. The second kappa shape index (κ2) is 12.8. The minimum atomic E-state index is 0.360. The van der Waals surface area contributed by atoms with E-state index in [9.17, 15) is 0 Å². The standard InChI is InChI=1S/C19H34NO/c1-2-19-14-13-16-20(18-19)15-11-9-7-5-3-4-6-8-10-12-17-21/h13-14,16,18,21H,2-12,15,17H2,1H3/q+1. The van der Waals surface area contributed by atoms with Crippen LogP contribution in [0.4, 0.5) is 0 Å². The normalized spacial score (nSPS) is 11.0. The van der Waals surface area contributed by atoms with Crippen molar-refractivity contribution in [1.82, 2.24) is 0 Å². The number of rotatable bonds is 13. The summed E-state index contributed by atoms with van der Waals surface area (Å²) in [5, 5.41) is 8.70. The molecule has 21 heavy (non-hydrogen) atoms. The molecule has 0 fully saturated rings. The van der Waals surface area contributed by atoms with Gasteiger partial charge in [-0.3, -0.25) is 0 Å². The molecular formula is C19H34NO+. The summed E-state index contributed by atoms with van der Waals surface area (Å²) in [7, 11) is 0. The van der Waals surface area contributed by atoms with Gasteiger partial charge in [0.15, 0.2) is 12.4 Å². The molecule has 2 heteroatoms. The number of pyridine rings is 1. The van der Waals surface area contributed by atoms with Gasteiger partial charge < -0.3 is 5.11 Å². The van der Waals surface area contributed by atoms with Crippen molar-refractivity contribution in [2.45, 2.75) is 84.1 Å². The third-order valence-corrected chi connectivity index (χ3v) is 4.15. The Morgan fingerprint density at radius 1 is 0.857 bits per heavy atom. The van der Waals surface area contributed by atoms with Gasteiger partial charge in [0.25, 0.3) is 0 Å². The lowest BCUT2D eigenvalue weighted by Gasteiger charge is -2.02. The summed E-state index contributed by atoms with van der Waals surface area (Å²) in [4.78, 5) is 0. The van der Waals surface area contributed by atoms with Crippen LogP contribution < -0.4 is 4.57 Å². The van der Waals surface area contributed by atoms with Crippen molar-refractivity contribution in [2.24, 2.45) is 0 Å². The molecule has 0 aliphatic carbocycles. The van der Waals surface area contributed by atoms with Gasteiger partial charge in [0.05, 0.1) is 0 Å². The van der Waals surface area contributed by atoms with Crippen LogP contribution in [0.3, 0.4) is 0 Å². The number of unbranched alkanes of at least 4 members (excludes halogenated alkanes) is 9. The molecule has 0 aromatic carbocycles. The Bertz CT molecular complexity index is 351. The van der Waals surface area contributed by atoms with Crippen molar-refractivity contribution in [2.75, 3.05) is 6.61 Å². The van der Waals surface area contributed by atoms with Gasteiger partial charge in [-0.05, 0) is 25.3 Å². The minimum absolute atomic E-state index is 0.360. The molecule has 0 atom stereocenters. The molecule has 0 spiro atoms. The third kappa shape index (κ3) is 9.62. The minimum Gasteiger partial charge on any atom is -0.396 e. The number of aryl methyl sites for hydroxylation is 2. The van der Waals surface area contributed by atoms with Crippen LogP contribution in [0.2, 0.25) is 0 Å². The van der Waals surface area contributed by atoms with Crippen molar-refractivity contribution in [3.8, 4) is 0 Å². The van der Waals surface area contributed by atoms with E-state index < -0.39 is 0 Å². The smallest absolute Gasteiger partial charge is 0.171 e. The fourth-order valence-electron chi connectivity index (χ4n) is 2.74. The van der Waals surface area contributed by atoms with E-state index in [1.54, 1.807) is 0 Å². The van der Waals surface area contributed by atoms with Crippen molar-refractivity contribution < 1.29 is 9.67 Å². The van der Waals surface area contributed by atoms with Crippen LogP contribution in [-0.2, 0) is 13.0 Å².